The molecule has 0 saturated heterocycles. The molecular weight excluding hydrogens is 556 g/mol. The van der Waals surface area contributed by atoms with Crippen LogP contribution in [0.5, 0.6) is 5.75 Å². The van der Waals surface area contributed by atoms with Crippen LogP contribution in [-0.2, 0) is 16.6 Å². The largest absolute Gasteiger partial charge is 0.487 e. The van der Waals surface area contributed by atoms with Gasteiger partial charge in [0.05, 0.1) is 22.3 Å². The Labute approximate surface area is 252 Å². The van der Waals surface area contributed by atoms with E-state index in [4.69, 9.17) is 4.74 Å². The fraction of sp³-hybridized carbons (Fsp3) is 0.139. The quantitative estimate of drug-likeness (QED) is 0.200. The van der Waals surface area contributed by atoms with Crippen molar-refractivity contribution in [1.29, 1.82) is 0 Å². The van der Waals surface area contributed by atoms with Crippen LogP contribution in [0.15, 0.2) is 132 Å². The number of aryl methyl sites for hydroxylation is 1. The van der Waals surface area contributed by atoms with Gasteiger partial charge in [0.15, 0.2) is 0 Å². The average molecular weight is 589 g/mol. The van der Waals surface area contributed by atoms with E-state index in [-0.39, 0.29) is 23.3 Å². The molecule has 0 aromatic heterocycles. The van der Waals surface area contributed by atoms with E-state index < -0.39 is 16.1 Å². The van der Waals surface area contributed by atoms with Crippen molar-refractivity contribution < 1.29 is 17.9 Å². The maximum atomic E-state index is 14.3. The van der Waals surface area contributed by atoms with Gasteiger partial charge >= 0.3 is 0 Å². The summed E-state index contributed by atoms with van der Waals surface area (Å²) in [7, 11) is -3.96. The third-order valence-corrected chi connectivity index (χ3v) is 9.63. The normalized spacial score (nSPS) is 16.0. The highest BCUT2D eigenvalue weighted by molar-refractivity contribution is 7.92. The first-order chi connectivity index (χ1) is 20.8. The van der Waals surface area contributed by atoms with Gasteiger partial charge in [-0.2, -0.15) is 0 Å². The van der Waals surface area contributed by atoms with Crippen LogP contribution >= 0.6 is 0 Å². The molecule has 0 bridgehead atoms. The molecule has 43 heavy (non-hydrogen) atoms. The summed E-state index contributed by atoms with van der Waals surface area (Å²) < 4.78 is 36.5. The van der Waals surface area contributed by atoms with Crippen molar-refractivity contribution in [3.63, 3.8) is 0 Å². The Hall–Kier alpha value is -4.88. The molecule has 1 aliphatic rings. The fourth-order valence-electron chi connectivity index (χ4n) is 5.57. The zero-order chi connectivity index (χ0) is 30.0. The van der Waals surface area contributed by atoms with E-state index in [9.17, 15) is 13.2 Å². The highest BCUT2D eigenvalue weighted by Crippen LogP contribution is 2.54. The summed E-state index contributed by atoms with van der Waals surface area (Å²) in [5.41, 5.74) is 5.25. The number of nitrogens with zero attached hydrogens (tertiary/aromatic N) is 1. The van der Waals surface area contributed by atoms with Gasteiger partial charge in [0, 0.05) is 17.5 Å². The molecule has 216 valence electrons. The number of hydrogen-bond donors (Lipinski definition) is 1. The number of benzene rings is 5. The number of nitrogens with one attached hydrogen (secondary N) is 1. The van der Waals surface area contributed by atoms with E-state index in [1.54, 1.807) is 48.5 Å². The Bertz CT molecular complexity index is 1840. The minimum Gasteiger partial charge on any atom is -0.487 e. The van der Waals surface area contributed by atoms with Crippen LogP contribution in [0.1, 0.15) is 51.5 Å². The molecule has 0 spiro atoms. The number of anilines is 2. The van der Waals surface area contributed by atoms with Crippen molar-refractivity contribution in [2.24, 2.45) is 0 Å². The summed E-state index contributed by atoms with van der Waals surface area (Å²) in [6, 6.07) is 38.3. The van der Waals surface area contributed by atoms with Gasteiger partial charge in [-0.1, -0.05) is 103 Å². The van der Waals surface area contributed by atoms with Gasteiger partial charge in [0.25, 0.3) is 15.9 Å². The van der Waals surface area contributed by atoms with Crippen LogP contribution in [0.25, 0.3) is 0 Å². The zero-order valence-corrected chi connectivity index (χ0v) is 24.8. The van der Waals surface area contributed by atoms with Crippen molar-refractivity contribution in [2.75, 3.05) is 9.62 Å². The van der Waals surface area contributed by atoms with E-state index >= 15 is 0 Å². The van der Waals surface area contributed by atoms with Gasteiger partial charge in [-0.15, -0.1) is 0 Å². The van der Waals surface area contributed by atoms with Gasteiger partial charge in [0.2, 0.25) is 0 Å². The SMILES string of the molecule is Cc1ccc([C@@H]2[C@@H](C)c3cc(NC(=O)c4ccccc4)c(OCc4ccccc4)cc3N2S(=O)(=O)c2ccccc2)cc1. The Morgan fingerprint density at radius 1 is 0.814 bits per heavy atom. The Kier molecular flexibility index (Phi) is 7.74. The second-order valence-corrected chi connectivity index (χ2v) is 12.6. The molecule has 1 amide bonds. The van der Waals surface area contributed by atoms with Crippen molar-refractivity contribution in [3.05, 3.63) is 155 Å². The molecule has 0 radical (unpaired) electrons. The fourth-order valence-corrected chi connectivity index (χ4v) is 7.32. The molecule has 0 fully saturated rings. The van der Waals surface area contributed by atoms with E-state index in [1.807, 2.05) is 92.7 Å². The second kappa shape index (κ2) is 11.8. The van der Waals surface area contributed by atoms with Gasteiger partial charge in [-0.25, -0.2) is 8.42 Å². The number of carbonyl (C=O) groups is 1. The minimum atomic E-state index is -3.96. The first kappa shape index (κ1) is 28.2. The molecule has 1 aliphatic heterocycles. The van der Waals surface area contributed by atoms with Crippen molar-refractivity contribution >= 4 is 27.3 Å². The van der Waals surface area contributed by atoms with Gasteiger partial charge in [-0.05, 0) is 53.9 Å². The number of ether oxygens (including phenoxy) is 1. The molecule has 1 N–H and O–H groups in total. The standard InChI is InChI=1S/C36H32N2O4S/c1-25-18-20-28(21-19-25)35-26(2)31-22-32(37-36(39)29-14-8-4-9-15-29)34(42-24-27-12-6-3-7-13-27)23-33(31)38(35)43(40,41)30-16-10-5-11-17-30/h3-23,26,35H,24H2,1-2H3,(H,37,39)/t26-,35-/m0/s1. The highest BCUT2D eigenvalue weighted by atomic mass is 32.2. The van der Waals surface area contributed by atoms with Crippen LogP contribution in [0.3, 0.4) is 0 Å². The number of carbonyl (C=O) groups excluding carboxylic acids is 1. The number of fused-ring (bicyclic) bond motifs is 1. The number of rotatable bonds is 8. The van der Waals surface area contributed by atoms with E-state index in [2.05, 4.69) is 5.32 Å². The lowest BCUT2D eigenvalue weighted by Gasteiger charge is -2.29. The molecule has 0 saturated carbocycles. The van der Waals surface area contributed by atoms with E-state index in [1.165, 1.54) is 4.31 Å². The molecule has 2 atom stereocenters. The zero-order valence-electron chi connectivity index (χ0n) is 24.0. The van der Waals surface area contributed by atoms with Crippen LogP contribution in [0, 0.1) is 6.92 Å². The highest BCUT2D eigenvalue weighted by Gasteiger charge is 2.44. The summed E-state index contributed by atoms with van der Waals surface area (Å²) in [5, 5.41) is 3.03. The van der Waals surface area contributed by atoms with Crippen molar-refractivity contribution in [1.82, 2.24) is 0 Å². The lowest BCUT2D eigenvalue weighted by molar-refractivity contribution is 0.102. The molecule has 6 rings (SSSR count). The molecule has 0 aliphatic carbocycles. The first-order valence-electron chi connectivity index (χ1n) is 14.2. The van der Waals surface area contributed by atoms with Crippen LogP contribution < -0.4 is 14.4 Å². The Balaban J connectivity index is 1.49. The number of hydrogen-bond acceptors (Lipinski definition) is 4. The van der Waals surface area contributed by atoms with Crippen LogP contribution in [0.4, 0.5) is 11.4 Å². The lowest BCUT2D eigenvalue weighted by atomic mass is 9.91. The molecule has 5 aromatic carbocycles. The number of amides is 1. The monoisotopic (exact) mass is 588 g/mol. The topological polar surface area (TPSA) is 75.7 Å². The molecule has 0 unspecified atom stereocenters. The second-order valence-electron chi connectivity index (χ2n) is 10.8. The Morgan fingerprint density at radius 3 is 2.07 bits per heavy atom. The maximum absolute atomic E-state index is 14.3. The first-order valence-corrected chi connectivity index (χ1v) is 15.6. The minimum absolute atomic E-state index is 0.209. The van der Waals surface area contributed by atoms with E-state index in [0.29, 0.717) is 22.7 Å². The summed E-state index contributed by atoms with van der Waals surface area (Å²) in [4.78, 5) is 13.5. The third kappa shape index (κ3) is 5.64. The van der Waals surface area contributed by atoms with Crippen molar-refractivity contribution in [2.45, 2.75) is 37.3 Å². The molecule has 1 heterocycles. The summed E-state index contributed by atoms with van der Waals surface area (Å²) in [6.45, 7) is 4.28. The van der Waals surface area contributed by atoms with Gasteiger partial charge < -0.3 is 10.1 Å². The summed E-state index contributed by atoms with van der Waals surface area (Å²) in [6.07, 6.45) is 0. The molecule has 5 aromatic rings. The molecular formula is C36H32N2O4S. The maximum Gasteiger partial charge on any atom is 0.264 e. The van der Waals surface area contributed by atoms with Crippen LogP contribution in [0.2, 0.25) is 0 Å². The Morgan fingerprint density at radius 2 is 1.42 bits per heavy atom. The van der Waals surface area contributed by atoms with Crippen molar-refractivity contribution in [3.8, 4) is 5.75 Å². The molecule has 6 nitrogen and oxygen atoms in total. The lowest BCUT2D eigenvalue weighted by Crippen LogP contribution is -2.33. The molecule has 7 heteroatoms. The van der Waals surface area contributed by atoms with Gasteiger partial charge in [-0.3, -0.25) is 9.10 Å². The predicted molar refractivity (Wildman–Crippen MR) is 170 cm³/mol. The van der Waals surface area contributed by atoms with Gasteiger partial charge in [0.1, 0.15) is 12.4 Å². The predicted octanol–water partition coefficient (Wildman–Crippen LogP) is 7.88. The van der Waals surface area contributed by atoms with E-state index in [0.717, 1.165) is 22.3 Å². The summed E-state index contributed by atoms with van der Waals surface area (Å²) >= 11 is 0. The van der Waals surface area contributed by atoms with Crippen LogP contribution in [-0.4, -0.2) is 14.3 Å². The number of sulfonamides is 1. The average Bonchev–Trinajstić information content (AvgIpc) is 3.33. The third-order valence-electron chi connectivity index (χ3n) is 7.82. The summed E-state index contributed by atoms with van der Waals surface area (Å²) in [5.74, 6) is -0.108. The smallest absolute Gasteiger partial charge is 0.264 e.